The number of rotatable bonds is 6. The average molecular weight is 505 g/mol. The summed E-state index contributed by atoms with van der Waals surface area (Å²) in [4.78, 5) is 50.0. The number of hydrogen-bond donors (Lipinski definition) is 0. The molecule has 0 aliphatic carbocycles. The first-order valence-electron chi connectivity index (χ1n) is 11.3. The Morgan fingerprint density at radius 3 is 1.81 bits per heavy atom. The van der Waals surface area contributed by atoms with Crippen molar-refractivity contribution in [1.82, 2.24) is 14.9 Å². The van der Waals surface area contributed by atoms with Crippen molar-refractivity contribution in [2.24, 2.45) is 0 Å². The van der Waals surface area contributed by atoms with Gasteiger partial charge >= 0.3 is 18.2 Å². The molecule has 0 radical (unpaired) electrons. The van der Waals surface area contributed by atoms with Gasteiger partial charge in [0.05, 0.1) is 13.7 Å². The molecule has 36 heavy (non-hydrogen) atoms. The van der Waals surface area contributed by atoms with E-state index >= 15 is 0 Å². The van der Waals surface area contributed by atoms with Gasteiger partial charge in [0.1, 0.15) is 17.0 Å². The summed E-state index contributed by atoms with van der Waals surface area (Å²) in [5, 5.41) is 0. The number of ether oxygens (including phenoxy) is 3. The van der Waals surface area contributed by atoms with Gasteiger partial charge in [-0.2, -0.15) is 4.90 Å². The zero-order valence-electron chi connectivity index (χ0n) is 21.9. The molecule has 0 bridgehead atoms. The number of aromatic nitrogens is 2. The molecule has 1 atom stereocenters. The molecule has 2 aromatic rings. The van der Waals surface area contributed by atoms with E-state index in [0.717, 1.165) is 12.7 Å². The normalized spacial score (nSPS) is 12.4. The minimum absolute atomic E-state index is 0.148. The maximum Gasteiger partial charge on any atom is 0.420 e. The molecule has 1 unspecified atom stereocenters. The number of benzene rings is 1. The van der Waals surface area contributed by atoms with E-state index in [1.54, 1.807) is 60.9 Å². The minimum atomic E-state index is -1.53. The van der Waals surface area contributed by atoms with Gasteiger partial charge in [0.2, 0.25) is 5.95 Å². The first-order chi connectivity index (χ1) is 16.6. The van der Waals surface area contributed by atoms with Crippen molar-refractivity contribution in [3.8, 4) is 0 Å². The molecular formula is C25H33FN4O6. The van der Waals surface area contributed by atoms with Gasteiger partial charge in [0.15, 0.2) is 6.04 Å². The van der Waals surface area contributed by atoms with E-state index in [0.29, 0.717) is 10.6 Å². The number of esters is 1. The number of carbonyl (C=O) groups excluding carboxylic acids is 3. The number of aryl methyl sites for hydroxylation is 1. The van der Waals surface area contributed by atoms with Crippen LogP contribution in [0.2, 0.25) is 0 Å². The number of halogens is 1. The van der Waals surface area contributed by atoms with Crippen molar-refractivity contribution in [2.45, 2.75) is 65.7 Å². The highest BCUT2D eigenvalue weighted by molar-refractivity contribution is 5.94. The van der Waals surface area contributed by atoms with Crippen LogP contribution in [0.5, 0.6) is 0 Å². The summed E-state index contributed by atoms with van der Waals surface area (Å²) in [7, 11) is 1.13. The lowest BCUT2D eigenvalue weighted by atomic mass is 10.2. The predicted octanol–water partition coefficient (Wildman–Crippen LogP) is 4.78. The Balaban J connectivity index is 2.61. The summed E-state index contributed by atoms with van der Waals surface area (Å²) in [6, 6.07) is 3.83. The fraction of sp³-hybridized carbons (Fsp3) is 0.480. The van der Waals surface area contributed by atoms with Gasteiger partial charge in [-0.1, -0.05) is 0 Å². The lowest BCUT2D eigenvalue weighted by molar-refractivity contribution is -0.146. The molecule has 1 heterocycles. The molecule has 11 heteroatoms. The van der Waals surface area contributed by atoms with Crippen molar-refractivity contribution in [3.05, 3.63) is 48.0 Å². The van der Waals surface area contributed by atoms with E-state index in [1.807, 2.05) is 0 Å². The molecule has 2 amide bonds. The van der Waals surface area contributed by atoms with E-state index < -0.39 is 41.2 Å². The van der Waals surface area contributed by atoms with E-state index in [2.05, 4.69) is 9.97 Å². The van der Waals surface area contributed by atoms with Crippen LogP contribution < -0.4 is 4.90 Å². The summed E-state index contributed by atoms with van der Waals surface area (Å²) in [5.74, 6) is -1.24. The second kappa shape index (κ2) is 11.3. The van der Waals surface area contributed by atoms with Gasteiger partial charge in [-0.05, 0) is 78.3 Å². The molecule has 0 aliphatic rings. The van der Waals surface area contributed by atoms with Gasteiger partial charge in [-0.25, -0.2) is 28.7 Å². The molecule has 0 spiro atoms. The Bertz CT molecular complexity index is 988. The van der Waals surface area contributed by atoms with Gasteiger partial charge in [0, 0.05) is 18.1 Å². The maximum atomic E-state index is 13.7. The summed E-state index contributed by atoms with van der Waals surface area (Å²) in [5.41, 5.74) is -0.766. The zero-order chi connectivity index (χ0) is 27.3. The standard InChI is InChI=1S/C25H33FN4O6/c1-16-13-27-21(28-14-16)29(18-11-9-17(26)10-12-18)15-19(20(31)34-8)30(22(32)35-24(2,3)4)23(33)36-25(5,6)7/h9-14,19H,15H2,1-8H3. The SMILES string of the molecule is COC(=O)C(CN(c1ccc(F)cc1)c1ncc(C)cn1)N(C(=O)OC(C)(C)C)C(=O)OC(C)(C)C. The highest BCUT2D eigenvalue weighted by Crippen LogP contribution is 2.25. The largest absolute Gasteiger partial charge is 0.467 e. The number of nitrogens with zero attached hydrogens (tertiary/aromatic N) is 4. The van der Waals surface area contributed by atoms with E-state index in [9.17, 15) is 18.8 Å². The fourth-order valence-electron chi connectivity index (χ4n) is 2.97. The molecule has 196 valence electrons. The Kier molecular flexibility index (Phi) is 8.95. The van der Waals surface area contributed by atoms with Crippen LogP contribution in [0, 0.1) is 12.7 Å². The third kappa shape index (κ3) is 8.17. The molecule has 0 fully saturated rings. The van der Waals surface area contributed by atoms with Gasteiger partial charge in [-0.3, -0.25) is 0 Å². The first kappa shape index (κ1) is 28.5. The van der Waals surface area contributed by atoms with Crippen LogP contribution in [0.4, 0.5) is 25.6 Å². The topological polar surface area (TPSA) is 111 Å². The zero-order valence-corrected chi connectivity index (χ0v) is 21.9. The molecular weight excluding hydrogens is 471 g/mol. The highest BCUT2D eigenvalue weighted by Gasteiger charge is 2.42. The van der Waals surface area contributed by atoms with Crippen LogP contribution in [0.1, 0.15) is 47.1 Å². The van der Waals surface area contributed by atoms with Crippen molar-refractivity contribution >= 4 is 29.8 Å². The number of imide groups is 1. The number of amides is 2. The summed E-state index contributed by atoms with van der Waals surface area (Å²) in [6.07, 6.45) is 0.920. The Morgan fingerprint density at radius 2 is 1.39 bits per heavy atom. The summed E-state index contributed by atoms with van der Waals surface area (Å²) in [6.45, 7) is 11.2. The molecule has 0 aliphatic heterocycles. The molecule has 0 N–H and O–H groups in total. The molecule has 1 aromatic heterocycles. The Labute approximate surface area is 210 Å². The summed E-state index contributed by atoms with van der Waals surface area (Å²) >= 11 is 0. The molecule has 0 saturated carbocycles. The van der Waals surface area contributed by atoms with Crippen LogP contribution in [-0.4, -0.2) is 63.9 Å². The van der Waals surface area contributed by atoms with Gasteiger partial charge < -0.3 is 19.1 Å². The van der Waals surface area contributed by atoms with Crippen LogP contribution >= 0.6 is 0 Å². The fourth-order valence-corrected chi connectivity index (χ4v) is 2.97. The quantitative estimate of drug-likeness (QED) is 0.405. The van der Waals surface area contributed by atoms with Crippen molar-refractivity contribution in [3.63, 3.8) is 0 Å². The maximum absolute atomic E-state index is 13.7. The Hall–Kier alpha value is -3.76. The van der Waals surface area contributed by atoms with Gasteiger partial charge in [0.25, 0.3) is 0 Å². The van der Waals surface area contributed by atoms with Crippen molar-refractivity contribution in [1.29, 1.82) is 0 Å². The monoisotopic (exact) mass is 504 g/mol. The predicted molar refractivity (Wildman–Crippen MR) is 130 cm³/mol. The smallest absolute Gasteiger partial charge is 0.420 e. The molecule has 2 rings (SSSR count). The first-order valence-corrected chi connectivity index (χ1v) is 11.3. The number of anilines is 2. The highest BCUT2D eigenvalue weighted by atomic mass is 19.1. The van der Waals surface area contributed by atoms with E-state index in [-0.39, 0.29) is 12.5 Å². The molecule has 1 aromatic carbocycles. The second-order valence-corrected chi connectivity index (χ2v) is 10.0. The number of carbonyl (C=O) groups is 3. The molecule has 0 saturated heterocycles. The van der Waals surface area contributed by atoms with Crippen molar-refractivity contribution in [2.75, 3.05) is 18.6 Å². The number of hydrogen-bond acceptors (Lipinski definition) is 9. The lowest BCUT2D eigenvalue weighted by Crippen LogP contribution is -2.56. The minimum Gasteiger partial charge on any atom is -0.467 e. The third-order valence-electron chi connectivity index (χ3n) is 4.47. The number of methoxy groups -OCH3 is 1. The van der Waals surface area contributed by atoms with E-state index in [1.165, 1.54) is 29.2 Å². The summed E-state index contributed by atoms with van der Waals surface area (Å²) < 4.78 is 29.4. The molecule has 10 nitrogen and oxygen atoms in total. The van der Waals surface area contributed by atoms with Crippen LogP contribution in [0.3, 0.4) is 0 Å². The van der Waals surface area contributed by atoms with Crippen LogP contribution in [0.15, 0.2) is 36.7 Å². The van der Waals surface area contributed by atoms with Crippen LogP contribution in [0.25, 0.3) is 0 Å². The lowest BCUT2D eigenvalue weighted by Gasteiger charge is -2.34. The Morgan fingerprint density at radius 1 is 0.917 bits per heavy atom. The second-order valence-electron chi connectivity index (χ2n) is 10.0. The average Bonchev–Trinajstić information content (AvgIpc) is 2.75. The third-order valence-corrected chi connectivity index (χ3v) is 4.47. The van der Waals surface area contributed by atoms with Crippen molar-refractivity contribution < 1.29 is 33.0 Å². The van der Waals surface area contributed by atoms with Gasteiger partial charge in [-0.15, -0.1) is 0 Å². The van der Waals surface area contributed by atoms with E-state index in [4.69, 9.17) is 14.2 Å². The van der Waals surface area contributed by atoms with Crippen LogP contribution in [-0.2, 0) is 19.0 Å².